The van der Waals surface area contributed by atoms with Crippen molar-refractivity contribution >= 4 is 33.2 Å². The number of nitrogens with one attached hydrogen (secondary N) is 1. The van der Waals surface area contributed by atoms with Gasteiger partial charge >= 0.3 is 0 Å². The van der Waals surface area contributed by atoms with Gasteiger partial charge in [-0.05, 0) is 36.2 Å². The summed E-state index contributed by atoms with van der Waals surface area (Å²) in [6, 6.07) is 2.01. The lowest BCUT2D eigenvalue weighted by atomic mass is 10.2. The molecule has 0 bridgehead atoms. The maximum Gasteiger partial charge on any atom is 0.236 e. The van der Waals surface area contributed by atoms with Gasteiger partial charge in [0.2, 0.25) is 5.91 Å². The predicted octanol–water partition coefficient (Wildman–Crippen LogP) is 2.54. The molecule has 0 atom stereocenters. The molecule has 1 heterocycles. The SMILES string of the molecule is CC(C)(Br)C(=O)NCc1ccsc1. The van der Waals surface area contributed by atoms with Crippen molar-refractivity contribution in [2.24, 2.45) is 0 Å². The Labute approximate surface area is 90.5 Å². The summed E-state index contributed by atoms with van der Waals surface area (Å²) in [5, 5.41) is 6.88. The van der Waals surface area contributed by atoms with Crippen molar-refractivity contribution in [1.82, 2.24) is 5.32 Å². The van der Waals surface area contributed by atoms with Gasteiger partial charge in [-0.25, -0.2) is 0 Å². The van der Waals surface area contributed by atoms with Crippen molar-refractivity contribution < 1.29 is 4.79 Å². The van der Waals surface area contributed by atoms with E-state index in [0.29, 0.717) is 6.54 Å². The number of halogens is 1. The van der Waals surface area contributed by atoms with Crippen molar-refractivity contribution in [3.05, 3.63) is 22.4 Å². The average Bonchev–Trinajstić information content (AvgIpc) is 2.50. The predicted molar refractivity (Wildman–Crippen MR) is 59.2 cm³/mol. The highest BCUT2D eigenvalue weighted by atomic mass is 79.9. The number of carbonyl (C=O) groups excluding carboxylic acids is 1. The van der Waals surface area contributed by atoms with Gasteiger partial charge in [-0.15, -0.1) is 0 Å². The molecule has 72 valence electrons. The van der Waals surface area contributed by atoms with Crippen LogP contribution in [0.3, 0.4) is 0 Å². The Morgan fingerprint density at radius 3 is 2.85 bits per heavy atom. The summed E-state index contributed by atoms with van der Waals surface area (Å²) in [5.74, 6) is 0.0127. The normalized spacial score (nSPS) is 11.3. The summed E-state index contributed by atoms with van der Waals surface area (Å²) >= 11 is 4.93. The molecular weight excluding hydrogens is 250 g/mol. The number of hydrogen-bond acceptors (Lipinski definition) is 2. The van der Waals surface area contributed by atoms with E-state index >= 15 is 0 Å². The topological polar surface area (TPSA) is 29.1 Å². The first-order chi connectivity index (χ1) is 6.00. The van der Waals surface area contributed by atoms with Crippen LogP contribution in [0.1, 0.15) is 19.4 Å². The zero-order valence-corrected chi connectivity index (χ0v) is 10.0. The zero-order chi connectivity index (χ0) is 9.90. The standard InChI is InChI=1S/C9H12BrNOS/c1-9(2,10)8(12)11-5-7-3-4-13-6-7/h3-4,6H,5H2,1-2H3,(H,11,12). The van der Waals surface area contributed by atoms with Gasteiger partial charge in [0.1, 0.15) is 0 Å². The summed E-state index contributed by atoms with van der Waals surface area (Å²) in [7, 11) is 0. The van der Waals surface area contributed by atoms with Gasteiger partial charge in [0, 0.05) is 6.54 Å². The number of carbonyl (C=O) groups is 1. The second-order valence-electron chi connectivity index (χ2n) is 3.29. The lowest BCUT2D eigenvalue weighted by Crippen LogP contribution is -2.36. The quantitative estimate of drug-likeness (QED) is 0.833. The molecule has 1 N–H and O–H groups in total. The van der Waals surface area contributed by atoms with Crippen LogP contribution in [-0.2, 0) is 11.3 Å². The van der Waals surface area contributed by atoms with Crippen molar-refractivity contribution in [3.8, 4) is 0 Å². The largest absolute Gasteiger partial charge is 0.351 e. The van der Waals surface area contributed by atoms with Crippen LogP contribution in [0, 0.1) is 0 Å². The molecule has 0 aliphatic rings. The van der Waals surface area contributed by atoms with Gasteiger partial charge in [0.05, 0.1) is 4.32 Å². The van der Waals surface area contributed by atoms with Crippen molar-refractivity contribution in [2.45, 2.75) is 24.7 Å². The second kappa shape index (κ2) is 4.24. The molecule has 1 amide bonds. The van der Waals surface area contributed by atoms with E-state index in [2.05, 4.69) is 21.2 Å². The van der Waals surface area contributed by atoms with E-state index < -0.39 is 4.32 Å². The van der Waals surface area contributed by atoms with Gasteiger partial charge in [-0.3, -0.25) is 4.79 Å². The van der Waals surface area contributed by atoms with E-state index in [9.17, 15) is 4.79 Å². The highest BCUT2D eigenvalue weighted by Gasteiger charge is 2.22. The molecule has 0 aliphatic carbocycles. The molecule has 0 spiro atoms. The fraction of sp³-hybridized carbons (Fsp3) is 0.444. The van der Waals surface area contributed by atoms with Crippen LogP contribution in [0.25, 0.3) is 0 Å². The van der Waals surface area contributed by atoms with Crippen LogP contribution in [0.15, 0.2) is 16.8 Å². The molecule has 1 aromatic rings. The van der Waals surface area contributed by atoms with E-state index in [1.54, 1.807) is 11.3 Å². The van der Waals surface area contributed by atoms with Crippen molar-refractivity contribution in [2.75, 3.05) is 0 Å². The second-order valence-corrected chi connectivity index (χ2v) is 6.05. The smallest absolute Gasteiger partial charge is 0.236 e. The lowest BCUT2D eigenvalue weighted by molar-refractivity contribution is -0.122. The summed E-state index contributed by atoms with van der Waals surface area (Å²) in [4.78, 5) is 11.4. The number of alkyl halides is 1. The first-order valence-electron chi connectivity index (χ1n) is 3.98. The molecule has 1 aromatic heterocycles. The first kappa shape index (κ1) is 10.7. The summed E-state index contributed by atoms with van der Waals surface area (Å²) in [5.41, 5.74) is 1.15. The van der Waals surface area contributed by atoms with E-state index in [1.165, 1.54) is 0 Å². The molecule has 1 rings (SSSR count). The fourth-order valence-electron chi connectivity index (χ4n) is 0.786. The molecule has 0 unspecified atom stereocenters. The molecule has 0 saturated heterocycles. The zero-order valence-electron chi connectivity index (χ0n) is 7.63. The summed E-state index contributed by atoms with van der Waals surface area (Å²) in [6.45, 7) is 4.27. The van der Waals surface area contributed by atoms with Crippen molar-refractivity contribution in [3.63, 3.8) is 0 Å². The van der Waals surface area contributed by atoms with Gasteiger partial charge in [0.25, 0.3) is 0 Å². The Morgan fingerprint density at radius 2 is 2.38 bits per heavy atom. The average molecular weight is 262 g/mol. The molecule has 13 heavy (non-hydrogen) atoms. The van der Waals surface area contributed by atoms with Crippen LogP contribution in [0.2, 0.25) is 0 Å². The van der Waals surface area contributed by atoms with E-state index in [1.807, 2.05) is 30.7 Å². The number of hydrogen-bond donors (Lipinski definition) is 1. The summed E-state index contributed by atoms with van der Waals surface area (Å²) < 4.78 is -0.483. The Balaban J connectivity index is 2.40. The minimum atomic E-state index is -0.483. The molecule has 0 fully saturated rings. The highest BCUT2D eigenvalue weighted by molar-refractivity contribution is 9.10. The van der Waals surface area contributed by atoms with Gasteiger partial charge in [-0.1, -0.05) is 15.9 Å². The maximum atomic E-state index is 11.4. The Hall–Kier alpha value is -0.350. The van der Waals surface area contributed by atoms with Crippen LogP contribution >= 0.6 is 27.3 Å². The third-order valence-corrected chi connectivity index (χ3v) is 2.67. The van der Waals surface area contributed by atoms with Crippen LogP contribution in [0.4, 0.5) is 0 Å². The maximum absolute atomic E-state index is 11.4. The number of rotatable bonds is 3. The monoisotopic (exact) mass is 261 g/mol. The Kier molecular flexibility index (Phi) is 3.50. The minimum absolute atomic E-state index is 0.0127. The molecular formula is C9H12BrNOS. The molecule has 0 radical (unpaired) electrons. The molecule has 2 nitrogen and oxygen atoms in total. The first-order valence-corrected chi connectivity index (χ1v) is 5.72. The summed E-state index contributed by atoms with van der Waals surface area (Å²) in [6.07, 6.45) is 0. The number of thiophene rings is 1. The van der Waals surface area contributed by atoms with Crippen LogP contribution in [-0.4, -0.2) is 10.2 Å². The van der Waals surface area contributed by atoms with E-state index in [0.717, 1.165) is 5.56 Å². The fourth-order valence-corrected chi connectivity index (χ4v) is 1.59. The van der Waals surface area contributed by atoms with E-state index in [-0.39, 0.29) is 5.91 Å². The van der Waals surface area contributed by atoms with E-state index in [4.69, 9.17) is 0 Å². The third-order valence-electron chi connectivity index (χ3n) is 1.57. The van der Waals surface area contributed by atoms with Crippen LogP contribution in [0.5, 0.6) is 0 Å². The number of amides is 1. The highest BCUT2D eigenvalue weighted by Crippen LogP contribution is 2.15. The molecule has 0 aromatic carbocycles. The van der Waals surface area contributed by atoms with Gasteiger partial charge < -0.3 is 5.32 Å². The minimum Gasteiger partial charge on any atom is -0.351 e. The van der Waals surface area contributed by atoms with Gasteiger partial charge in [0.15, 0.2) is 0 Å². The molecule has 0 saturated carbocycles. The van der Waals surface area contributed by atoms with Gasteiger partial charge in [-0.2, -0.15) is 11.3 Å². The molecule has 4 heteroatoms. The third kappa shape index (κ3) is 3.48. The Morgan fingerprint density at radius 1 is 1.69 bits per heavy atom. The Bertz CT molecular complexity index is 276. The van der Waals surface area contributed by atoms with Crippen LogP contribution < -0.4 is 5.32 Å². The molecule has 0 aliphatic heterocycles. The van der Waals surface area contributed by atoms with Crippen molar-refractivity contribution in [1.29, 1.82) is 0 Å². The lowest BCUT2D eigenvalue weighted by Gasteiger charge is -2.15.